The predicted molar refractivity (Wildman–Crippen MR) is 101 cm³/mol. The standard InChI is InChI=1S/C15H16ClF3N4O2S2/c1-8(26-14-23-22-13(27-14)20-5-6-25-2)12(24)21-11-4-3-9(16)7-10(11)15(17,18)19/h3-4,7-8H,5-6H2,1-2H3,(H,20,22)(H,21,24). The summed E-state index contributed by atoms with van der Waals surface area (Å²) in [5.74, 6) is -0.586. The highest BCUT2D eigenvalue weighted by molar-refractivity contribution is 8.02. The Morgan fingerprint density at radius 2 is 2.15 bits per heavy atom. The van der Waals surface area contributed by atoms with Crippen LogP contribution in [0.2, 0.25) is 5.02 Å². The fourth-order valence-corrected chi connectivity index (χ4v) is 3.98. The molecule has 0 aliphatic carbocycles. The molecule has 2 N–H and O–H groups in total. The normalized spacial score (nSPS) is 12.7. The lowest BCUT2D eigenvalue weighted by Crippen LogP contribution is -2.24. The van der Waals surface area contributed by atoms with Crippen LogP contribution in [0.1, 0.15) is 12.5 Å². The molecule has 0 aliphatic heterocycles. The molecule has 1 aromatic heterocycles. The molecular formula is C15H16ClF3N4O2S2. The van der Waals surface area contributed by atoms with Gasteiger partial charge in [0.2, 0.25) is 11.0 Å². The summed E-state index contributed by atoms with van der Waals surface area (Å²) in [6, 6.07) is 3.19. The Bertz CT molecular complexity index is 789. The number of rotatable bonds is 8. The minimum atomic E-state index is -4.63. The van der Waals surface area contributed by atoms with E-state index in [0.29, 0.717) is 22.6 Å². The molecule has 0 fully saturated rings. The van der Waals surface area contributed by atoms with Gasteiger partial charge >= 0.3 is 6.18 Å². The molecule has 0 saturated heterocycles. The van der Waals surface area contributed by atoms with Crippen molar-refractivity contribution in [3.8, 4) is 0 Å². The lowest BCUT2D eigenvalue weighted by molar-refractivity contribution is -0.137. The summed E-state index contributed by atoms with van der Waals surface area (Å²) in [7, 11) is 1.58. The summed E-state index contributed by atoms with van der Waals surface area (Å²) in [4.78, 5) is 12.3. The molecule has 6 nitrogen and oxygen atoms in total. The highest BCUT2D eigenvalue weighted by Gasteiger charge is 2.34. The van der Waals surface area contributed by atoms with Crippen LogP contribution in [0.25, 0.3) is 0 Å². The number of methoxy groups -OCH3 is 1. The molecule has 0 spiro atoms. The number of thioether (sulfide) groups is 1. The number of carbonyl (C=O) groups excluding carboxylic acids is 1. The molecule has 0 saturated carbocycles. The molecule has 0 aliphatic rings. The van der Waals surface area contributed by atoms with Crippen molar-refractivity contribution in [2.45, 2.75) is 22.7 Å². The number of benzene rings is 1. The number of anilines is 2. The van der Waals surface area contributed by atoms with E-state index in [9.17, 15) is 18.0 Å². The first-order valence-corrected chi connectivity index (χ1v) is 9.68. The molecule has 1 unspecified atom stereocenters. The summed E-state index contributed by atoms with van der Waals surface area (Å²) in [5.41, 5.74) is -1.34. The number of hydrogen-bond donors (Lipinski definition) is 2. The van der Waals surface area contributed by atoms with E-state index in [4.69, 9.17) is 16.3 Å². The summed E-state index contributed by atoms with van der Waals surface area (Å²) in [5, 5.41) is 13.0. The Labute approximate surface area is 166 Å². The van der Waals surface area contributed by atoms with Crippen molar-refractivity contribution in [3.63, 3.8) is 0 Å². The Morgan fingerprint density at radius 1 is 1.41 bits per heavy atom. The molecule has 27 heavy (non-hydrogen) atoms. The molecule has 2 rings (SSSR count). The van der Waals surface area contributed by atoms with E-state index in [1.165, 1.54) is 17.4 Å². The largest absolute Gasteiger partial charge is 0.418 e. The number of nitrogens with zero attached hydrogens (tertiary/aromatic N) is 2. The van der Waals surface area contributed by atoms with Gasteiger partial charge < -0.3 is 15.4 Å². The van der Waals surface area contributed by atoms with Gasteiger partial charge in [-0.15, -0.1) is 10.2 Å². The zero-order valence-corrected chi connectivity index (χ0v) is 16.7. The third kappa shape index (κ3) is 6.52. The molecule has 1 amide bonds. The molecule has 0 radical (unpaired) electrons. The average Bonchev–Trinajstić information content (AvgIpc) is 3.03. The second kappa shape index (κ2) is 9.58. The Morgan fingerprint density at radius 3 is 2.81 bits per heavy atom. The molecule has 12 heteroatoms. The Kier molecular flexibility index (Phi) is 7.71. The minimum Gasteiger partial charge on any atom is -0.383 e. The summed E-state index contributed by atoms with van der Waals surface area (Å²) in [6.07, 6.45) is -4.63. The third-order valence-corrected chi connectivity index (χ3v) is 5.48. The highest BCUT2D eigenvalue weighted by atomic mass is 35.5. The van der Waals surface area contributed by atoms with Crippen LogP contribution in [0.3, 0.4) is 0 Å². The molecule has 1 atom stereocenters. The lowest BCUT2D eigenvalue weighted by Gasteiger charge is -2.16. The van der Waals surface area contributed by atoms with Crippen LogP contribution < -0.4 is 10.6 Å². The molecule has 1 heterocycles. The zero-order valence-electron chi connectivity index (χ0n) is 14.3. The van der Waals surface area contributed by atoms with Crippen molar-refractivity contribution in [1.82, 2.24) is 10.2 Å². The van der Waals surface area contributed by atoms with Crippen LogP contribution >= 0.6 is 34.7 Å². The fourth-order valence-electron chi connectivity index (χ4n) is 1.89. The van der Waals surface area contributed by atoms with Crippen LogP contribution in [0, 0.1) is 0 Å². The van der Waals surface area contributed by atoms with Gasteiger partial charge in [0.15, 0.2) is 4.34 Å². The molecular weight excluding hydrogens is 425 g/mol. The van der Waals surface area contributed by atoms with Crippen LogP contribution in [0.4, 0.5) is 24.0 Å². The topological polar surface area (TPSA) is 76.1 Å². The maximum atomic E-state index is 13.1. The van der Waals surface area contributed by atoms with Crippen LogP contribution in [-0.4, -0.2) is 41.6 Å². The number of nitrogens with one attached hydrogen (secondary N) is 2. The SMILES string of the molecule is COCCNc1nnc(SC(C)C(=O)Nc2ccc(Cl)cc2C(F)(F)F)s1. The number of ether oxygens (including phenoxy) is 1. The first-order valence-electron chi connectivity index (χ1n) is 7.61. The van der Waals surface area contributed by atoms with E-state index >= 15 is 0 Å². The van der Waals surface area contributed by atoms with E-state index in [1.807, 2.05) is 0 Å². The monoisotopic (exact) mass is 440 g/mol. The van der Waals surface area contributed by atoms with Crippen molar-refractivity contribution in [1.29, 1.82) is 0 Å². The number of aromatic nitrogens is 2. The predicted octanol–water partition coefficient (Wildman–Crippen LogP) is 4.39. The summed E-state index contributed by atoms with van der Waals surface area (Å²) >= 11 is 7.98. The summed E-state index contributed by atoms with van der Waals surface area (Å²) < 4.78 is 44.8. The first-order chi connectivity index (χ1) is 12.7. The average molecular weight is 441 g/mol. The second-order valence-corrected chi connectivity index (χ2v) is 8.23. The lowest BCUT2D eigenvalue weighted by atomic mass is 10.1. The van der Waals surface area contributed by atoms with Crippen LogP contribution in [0.5, 0.6) is 0 Å². The van der Waals surface area contributed by atoms with E-state index in [2.05, 4.69) is 20.8 Å². The quantitative estimate of drug-likeness (QED) is 0.468. The third-order valence-electron chi connectivity index (χ3n) is 3.18. The second-order valence-electron chi connectivity index (χ2n) is 5.23. The van der Waals surface area contributed by atoms with Crippen molar-refractivity contribution in [2.24, 2.45) is 0 Å². The number of halogens is 4. The highest BCUT2D eigenvalue weighted by Crippen LogP contribution is 2.37. The van der Waals surface area contributed by atoms with Gasteiger partial charge in [0, 0.05) is 18.7 Å². The van der Waals surface area contributed by atoms with E-state index < -0.39 is 22.9 Å². The molecule has 0 bridgehead atoms. The number of hydrogen-bond acceptors (Lipinski definition) is 7. The van der Waals surface area contributed by atoms with Crippen molar-refractivity contribution >= 4 is 51.4 Å². The minimum absolute atomic E-state index is 0.0647. The molecule has 2 aromatic rings. The number of alkyl halides is 3. The van der Waals surface area contributed by atoms with Gasteiger partial charge in [-0.05, 0) is 25.1 Å². The van der Waals surface area contributed by atoms with E-state index in [-0.39, 0.29) is 10.7 Å². The number of carbonyl (C=O) groups is 1. The van der Waals surface area contributed by atoms with E-state index in [1.54, 1.807) is 14.0 Å². The molecule has 1 aromatic carbocycles. The first kappa shape index (κ1) is 21.7. The number of amides is 1. The Hall–Kier alpha value is -1.56. The van der Waals surface area contributed by atoms with Gasteiger partial charge in [-0.25, -0.2) is 0 Å². The van der Waals surface area contributed by atoms with Crippen LogP contribution in [-0.2, 0) is 15.7 Å². The Balaban J connectivity index is 2.00. The van der Waals surface area contributed by atoms with Gasteiger partial charge in [-0.1, -0.05) is 34.7 Å². The smallest absolute Gasteiger partial charge is 0.383 e. The summed E-state index contributed by atoms with van der Waals surface area (Å²) in [6.45, 7) is 2.63. The van der Waals surface area contributed by atoms with E-state index in [0.717, 1.165) is 23.9 Å². The van der Waals surface area contributed by atoms with Gasteiger partial charge in [0.1, 0.15) is 0 Å². The van der Waals surface area contributed by atoms with Gasteiger partial charge in [-0.2, -0.15) is 13.2 Å². The maximum Gasteiger partial charge on any atom is 0.418 e. The zero-order chi connectivity index (χ0) is 20.0. The van der Waals surface area contributed by atoms with Crippen molar-refractivity contribution < 1.29 is 22.7 Å². The van der Waals surface area contributed by atoms with Gasteiger partial charge in [0.25, 0.3) is 0 Å². The van der Waals surface area contributed by atoms with Gasteiger partial charge in [-0.3, -0.25) is 4.79 Å². The van der Waals surface area contributed by atoms with Crippen molar-refractivity contribution in [3.05, 3.63) is 28.8 Å². The van der Waals surface area contributed by atoms with Crippen LogP contribution in [0.15, 0.2) is 22.5 Å². The fraction of sp³-hybridized carbons (Fsp3) is 0.400. The molecule has 148 valence electrons. The van der Waals surface area contributed by atoms with Gasteiger partial charge in [0.05, 0.1) is 23.1 Å². The maximum absolute atomic E-state index is 13.1. The van der Waals surface area contributed by atoms with Crippen molar-refractivity contribution in [2.75, 3.05) is 30.9 Å².